The number of hydrogen-bond acceptors (Lipinski definition) is 2. The molecule has 0 spiro atoms. The molecule has 1 aromatic heterocycles. The molecule has 0 N–H and O–H groups in total. The first-order valence-corrected chi connectivity index (χ1v) is 7.03. The molecule has 3 rings (SSSR count). The molecular weight excluding hydrogens is 290 g/mol. The van der Waals surface area contributed by atoms with E-state index in [1.807, 2.05) is 12.4 Å². The van der Waals surface area contributed by atoms with Crippen molar-refractivity contribution in [3.63, 3.8) is 0 Å². The monoisotopic (exact) mass is 303 g/mol. The van der Waals surface area contributed by atoms with Gasteiger partial charge in [-0.15, -0.1) is 0 Å². The molecule has 0 bridgehead atoms. The van der Waals surface area contributed by atoms with Gasteiger partial charge in [-0.3, -0.25) is 4.98 Å². The lowest BCUT2D eigenvalue weighted by atomic mass is 10.0. The van der Waals surface area contributed by atoms with E-state index in [0.717, 1.165) is 25.2 Å². The summed E-state index contributed by atoms with van der Waals surface area (Å²) in [5.74, 6) is 1.04. The fraction of sp³-hybridized carbons (Fsp3) is 0.267. The van der Waals surface area contributed by atoms with Gasteiger partial charge in [0.15, 0.2) is 0 Å². The van der Waals surface area contributed by atoms with Gasteiger partial charge in [0.05, 0.1) is 6.61 Å². The number of pyridine rings is 1. The fourth-order valence-corrected chi connectivity index (χ4v) is 2.90. The highest BCUT2D eigenvalue weighted by molar-refractivity contribution is 9.09. The summed E-state index contributed by atoms with van der Waals surface area (Å²) in [6.07, 6.45) is 5.68. The van der Waals surface area contributed by atoms with Crippen LogP contribution in [0.4, 0.5) is 0 Å². The Labute approximate surface area is 115 Å². The number of aromatic nitrogens is 1. The average molecular weight is 304 g/mol. The number of nitrogens with zero attached hydrogens (tertiary/aromatic N) is 1. The van der Waals surface area contributed by atoms with Crippen LogP contribution in [0.15, 0.2) is 42.7 Å². The van der Waals surface area contributed by atoms with Crippen LogP contribution in [0.5, 0.6) is 5.75 Å². The van der Waals surface area contributed by atoms with Crippen LogP contribution in [0.3, 0.4) is 0 Å². The van der Waals surface area contributed by atoms with E-state index in [1.54, 1.807) is 0 Å². The van der Waals surface area contributed by atoms with E-state index < -0.39 is 0 Å². The van der Waals surface area contributed by atoms with Crippen LogP contribution in [0.1, 0.15) is 21.5 Å². The lowest BCUT2D eigenvalue weighted by Crippen LogP contribution is -1.96. The summed E-state index contributed by atoms with van der Waals surface area (Å²) in [5, 5.41) is 0. The highest BCUT2D eigenvalue weighted by atomic mass is 79.9. The molecule has 2 heterocycles. The van der Waals surface area contributed by atoms with Crippen molar-refractivity contribution >= 4 is 15.9 Å². The van der Waals surface area contributed by atoms with Crippen molar-refractivity contribution in [2.24, 2.45) is 0 Å². The first kappa shape index (κ1) is 11.7. The molecule has 0 saturated heterocycles. The molecule has 0 saturated carbocycles. The normalized spacial score (nSPS) is 14.9. The molecule has 1 aromatic carbocycles. The second kappa shape index (κ2) is 5.11. The number of fused-ring (bicyclic) bond motifs is 1. The molecule has 0 aliphatic carbocycles. The van der Waals surface area contributed by atoms with Crippen LogP contribution in [0.2, 0.25) is 0 Å². The summed E-state index contributed by atoms with van der Waals surface area (Å²) in [4.78, 5) is 4.38. The van der Waals surface area contributed by atoms with E-state index in [9.17, 15) is 0 Å². The summed E-state index contributed by atoms with van der Waals surface area (Å²) in [7, 11) is 0. The first-order valence-electron chi connectivity index (χ1n) is 6.11. The van der Waals surface area contributed by atoms with Crippen molar-refractivity contribution in [1.82, 2.24) is 4.98 Å². The topological polar surface area (TPSA) is 22.1 Å². The van der Waals surface area contributed by atoms with Crippen molar-refractivity contribution < 1.29 is 4.74 Å². The van der Waals surface area contributed by atoms with Gasteiger partial charge in [0, 0.05) is 23.6 Å². The highest BCUT2D eigenvalue weighted by Gasteiger charge is 2.15. The lowest BCUT2D eigenvalue weighted by molar-refractivity contribution is 0.357. The Morgan fingerprint density at radius 1 is 1.22 bits per heavy atom. The van der Waals surface area contributed by atoms with E-state index in [-0.39, 0.29) is 0 Å². The Morgan fingerprint density at radius 2 is 2.06 bits per heavy atom. The number of alkyl halides is 1. The summed E-state index contributed by atoms with van der Waals surface area (Å²) in [5.41, 5.74) is 3.94. The highest BCUT2D eigenvalue weighted by Crippen LogP contribution is 2.32. The summed E-state index contributed by atoms with van der Waals surface area (Å²) in [6.45, 7) is 0.816. The van der Waals surface area contributed by atoms with Crippen molar-refractivity contribution in [3.8, 4) is 5.75 Å². The Morgan fingerprint density at radius 3 is 2.89 bits per heavy atom. The van der Waals surface area contributed by atoms with Crippen LogP contribution in [-0.2, 0) is 12.8 Å². The fourth-order valence-electron chi connectivity index (χ4n) is 2.24. The largest absolute Gasteiger partial charge is 0.493 e. The third kappa shape index (κ3) is 2.41. The zero-order valence-electron chi connectivity index (χ0n) is 9.97. The van der Waals surface area contributed by atoms with E-state index in [1.165, 1.54) is 16.7 Å². The summed E-state index contributed by atoms with van der Waals surface area (Å²) < 4.78 is 5.53. The van der Waals surface area contributed by atoms with E-state index >= 15 is 0 Å². The molecule has 2 nitrogen and oxygen atoms in total. The number of hydrogen-bond donors (Lipinski definition) is 0. The van der Waals surface area contributed by atoms with Crippen molar-refractivity contribution in [2.45, 2.75) is 17.7 Å². The second-order valence-electron chi connectivity index (χ2n) is 4.49. The maximum atomic E-state index is 5.53. The Kier molecular flexibility index (Phi) is 3.33. The average Bonchev–Trinajstić information content (AvgIpc) is 2.87. The zero-order chi connectivity index (χ0) is 12.4. The van der Waals surface area contributed by atoms with Gasteiger partial charge in [-0.1, -0.05) is 28.1 Å². The van der Waals surface area contributed by atoms with Gasteiger partial charge in [-0.25, -0.2) is 0 Å². The molecule has 0 radical (unpaired) electrons. The number of halogens is 1. The van der Waals surface area contributed by atoms with Gasteiger partial charge in [0.25, 0.3) is 0 Å². The van der Waals surface area contributed by atoms with Gasteiger partial charge >= 0.3 is 0 Å². The molecule has 1 aliphatic rings. The maximum absolute atomic E-state index is 5.53. The van der Waals surface area contributed by atoms with Gasteiger partial charge in [-0.2, -0.15) is 0 Å². The van der Waals surface area contributed by atoms with Crippen LogP contribution >= 0.6 is 15.9 Å². The molecule has 0 fully saturated rings. The lowest BCUT2D eigenvalue weighted by Gasteiger charge is -2.11. The predicted octanol–water partition coefficient (Wildman–Crippen LogP) is 3.70. The molecule has 18 heavy (non-hydrogen) atoms. The van der Waals surface area contributed by atoms with Gasteiger partial charge in [0.2, 0.25) is 0 Å². The van der Waals surface area contributed by atoms with E-state index in [2.05, 4.69) is 51.2 Å². The Balaban J connectivity index is 1.78. The van der Waals surface area contributed by atoms with Crippen LogP contribution < -0.4 is 4.74 Å². The smallest absolute Gasteiger partial charge is 0.122 e. The van der Waals surface area contributed by atoms with Crippen molar-refractivity contribution in [1.29, 1.82) is 0 Å². The third-order valence-electron chi connectivity index (χ3n) is 3.24. The van der Waals surface area contributed by atoms with E-state index in [0.29, 0.717) is 4.83 Å². The molecular formula is C15H14BrNO. The van der Waals surface area contributed by atoms with Crippen molar-refractivity contribution in [3.05, 3.63) is 59.4 Å². The van der Waals surface area contributed by atoms with Gasteiger partial charge in [-0.05, 0) is 41.3 Å². The van der Waals surface area contributed by atoms with Crippen LogP contribution in [0.25, 0.3) is 0 Å². The van der Waals surface area contributed by atoms with Crippen LogP contribution in [-0.4, -0.2) is 11.6 Å². The minimum atomic E-state index is 0.339. The molecule has 1 aliphatic heterocycles. The predicted molar refractivity (Wildman–Crippen MR) is 75.3 cm³/mol. The summed E-state index contributed by atoms with van der Waals surface area (Å²) in [6, 6.07) is 10.6. The Hall–Kier alpha value is -1.35. The zero-order valence-corrected chi connectivity index (χ0v) is 11.6. The molecule has 1 unspecified atom stereocenters. The van der Waals surface area contributed by atoms with Gasteiger partial charge in [0.1, 0.15) is 5.75 Å². The molecule has 0 amide bonds. The van der Waals surface area contributed by atoms with Crippen molar-refractivity contribution in [2.75, 3.05) is 6.61 Å². The third-order valence-corrected chi connectivity index (χ3v) is 4.09. The molecule has 92 valence electrons. The summed E-state index contributed by atoms with van der Waals surface area (Å²) >= 11 is 3.77. The van der Waals surface area contributed by atoms with Gasteiger partial charge < -0.3 is 4.74 Å². The SMILES string of the molecule is BrC(Cc1ccncc1)c1ccc2c(c1)CCO2. The number of ether oxygens (including phenoxy) is 1. The standard InChI is InChI=1S/C15H14BrNO/c16-14(9-11-3-6-17-7-4-11)12-1-2-15-13(10-12)5-8-18-15/h1-4,6-7,10,14H,5,8-9H2. The number of rotatable bonds is 3. The minimum absolute atomic E-state index is 0.339. The maximum Gasteiger partial charge on any atom is 0.122 e. The molecule has 1 atom stereocenters. The quantitative estimate of drug-likeness (QED) is 0.807. The minimum Gasteiger partial charge on any atom is -0.493 e. The second-order valence-corrected chi connectivity index (χ2v) is 5.60. The molecule has 2 aromatic rings. The van der Waals surface area contributed by atoms with E-state index in [4.69, 9.17) is 4.74 Å². The number of benzene rings is 1. The van der Waals surface area contributed by atoms with Crippen LogP contribution in [0, 0.1) is 0 Å². The Bertz CT molecular complexity index is 541. The first-order chi connectivity index (χ1) is 8.83. The molecule has 3 heteroatoms.